The van der Waals surface area contributed by atoms with Gasteiger partial charge >= 0.3 is 172 Å². The van der Waals surface area contributed by atoms with Crippen LogP contribution in [0.5, 0.6) is 0 Å². The number of fused-ring (bicyclic) bond motifs is 2. The van der Waals surface area contributed by atoms with Crippen molar-refractivity contribution >= 4 is 0 Å². The van der Waals surface area contributed by atoms with E-state index in [0.29, 0.717) is 0 Å². The van der Waals surface area contributed by atoms with Crippen molar-refractivity contribution in [2.45, 2.75) is 72.5 Å². The second-order valence-corrected chi connectivity index (χ2v) is 19.1. The topological polar surface area (TPSA) is 0 Å². The molecule has 0 bridgehead atoms. The van der Waals surface area contributed by atoms with Gasteiger partial charge in [0.05, 0.1) is 0 Å². The maximum absolute atomic E-state index is 4.26. The molecule has 0 N–H and O–H groups in total. The average molecular weight is 440 g/mol. The van der Waals surface area contributed by atoms with E-state index in [1.807, 2.05) is 17.7 Å². The monoisotopic (exact) mass is 438 g/mol. The van der Waals surface area contributed by atoms with Crippen molar-refractivity contribution in [1.82, 2.24) is 0 Å². The van der Waals surface area contributed by atoms with Gasteiger partial charge in [-0.1, -0.05) is 0 Å². The Balaban J connectivity index is 1.95. The Hall–Kier alpha value is -0.677. The first-order valence-electron chi connectivity index (χ1n) is 11.3. The number of allylic oxidation sites excluding steroid dienone is 10. The zero-order valence-electron chi connectivity index (χ0n) is 17.0. The van der Waals surface area contributed by atoms with Gasteiger partial charge in [0, 0.05) is 0 Å². The Kier molecular flexibility index (Phi) is 6.38. The van der Waals surface area contributed by atoms with Gasteiger partial charge < -0.3 is 0 Å². The molecule has 2 fully saturated rings. The van der Waals surface area contributed by atoms with Gasteiger partial charge in [0.25, 0.3) is 0 Å². The quantitative estimate of drug-likeness (QED) is 0.366. The van der Waals surface area contributed by atoms with Crippen molar-refractivity contribution in [2.24, 2.45) is 11.8 Å². The molecule has 4 aliphatic carbocycles. The predicted octanol–water partition coefficient (Wildman–Crippen LogP) is 8.16. The molecular formula is C26H36Zr. The molecule has 0 nitrogen and oxygen atoms in total. The Morgan fingerprint density at radius 1 is 0.778 bits per heavy atom. The Morgan fingerprint density at radius 3 is 1.70 bits per heavy atom. The summed E-state index contributed by atoms with van der Waals surface area (Å²) in [6.07, 6.45) is 28.5. The van der Waals surface area contributed by atoms with Crippen LogP contribution >= 0.6 is 0 Å². The van der Waals surface area contributed by atoms with E-state index in [1.54, 1.807) is 0 Å². The molecule has 0 saturated heterocycles. The summed E-state index contributed by atoms with van der Waals surface area (Å²) in [5.41, 5.74) is 3.73. The molecule has 0 aromatic carbocycles. The van der Waals surface area contributed by atoms with Crippen LogP contribution in [0, 0.1) is 11.8 Å². The molecule has 4 rings (SSSR count). The molecule has 0 heterocycles. The Bertz CT molecular complexity index is 652. The van der Waals surface area contributed by atoms with E-state index < -0.39 is 20.3 Å². The molecule has 4 aliphatic rings. The fourth-order valence-corrected chi connectivity index (χ4v) is 19.0. The first kappa shape index (κ1) is 19.6. The first-order chi connectivity index (χ1) is 13.3. The summed E-state index contributed by atoms with van der Waals surface area (Å²) in [4.78, 5) is 0. The van der Waals surface area contributed by atoms with Gasteiger partial charge in [-0.25, -0.2) is 0 Å². The van der Waals surface area contributed by atoms with Crippen molar-refractivity contribution < 1.29 is 20.3 Å². The molecular weight excluding hydrogens is 404 g/mol. The molecule has 0 amide bonds. The summed E-state index contributed by atoms with van der Waals surface area (Å²) in [6, 6.07) is 0. The zero-order valence-corrected chi connectivity index (χ0v) is 19.5. The average Bonchev–Trinajstić information content (AvgIpc) is 3.22. The van der Waals surface area contributed by atoms with E-state index in [9.17, 15) is 0 Å². The molecule has 27 heavy (non-hydrogen) atoms. The van der Waals surface area contributed by atoms with Crippen molar-refractivity contribution in [3.8, 4) is 0 Å². The second-order valence-electron chi connectivity index (χ2n) is 9.08. The molecule has 1 heteroatoms. The summed E-state index contributed by atoms with van der Waals surface area (Å²) >= 11 is -2.87. The fraction of sp³-hybridized carbons (Fsp3) is 0.538. The van der Waals surface area contributed by atoms with Crippen LogP contribution in [0.2, 0.25) is 8.26 Å². The third-order valence-electron chi connectivity index (χ3n) is 7.62. The van der Waals surface area contributed by atoms with E-state index in [0.717, 1.165) is 11.8 Å². The number of hydrogen-bond acceptors (Lipinski definition) is 0. The minimum atomic E-state index is -2.87. The van der Waals surface area contributed by atoms with Crippen molar-refractivity contribution in [2.75, 3.05) is 0 Å². The fourth-order valence-electron chi connectivity index (χ4n) is 6.49. The third-order valence-corrected chi connectivity index (χ3v) is 19.9. The van der Waals surface area contributed by atoms with Crippen molar-refractivity contribution in [1.29, 1.82) is 0 Å². The van der Waals surface area contributed by atoms with Crippen LogP contribution in [-0.2, 0) is 20.3 Å². The maximum atomic E-state index is 4.26. The van der Waals surface area contributed by atoms with E-state index in [1.165, 1.54) is 72.5 Å². The standard InChI is InChI=1S/2C10H13.2C3H5.Zr/c2*1-2-5-9-7-4-8-10(9)6-3-1;2*1-3-2;/h2*1-2,10H,3-4,6-8H2;2*3H,1-2H2;. The van der Waals surface area contributed by atoms with Gasteiger partial charge in [-0.15, -0.1) is 0 Å². The first-order valence-corrected chi connectivity index (χ1v) is 17.3. The SMILES string of the molecule is C=C[CH2][Zr]([CH2]C=C)([C]1=C2CCCC2CCC=C1)[C]1=C2CCCC2CCC=C1. The summed E-state index contributed by atoms with van der Waals surface area (Å²) in [7, 11) is 0. The molecule has 2 atom stereocenters. The van der Waals surface area contributed by atoms with E-state index >= 15 is 0 Å². The number of rotatable bonds is 6. The molecule has 2 unspecified atom stereocenters. The van der Waals surface area contributed by atoms with E-state index in [4.69, 9.17) is 0 Å². The summed E-state index contributed by atoms with van der Waals surface area (Å²) < 4.78 is 6.19. The molecule has 2 saturated carbocycles. The Labute approximate surface area is 171 Å². The van der Waals surface area contributed by atoms with Crippen LogP contribution in [0.4, 0.5) is 0 Å². The van der Waals surface area contributed by atoms with Gasteiger partial charge in [0.2, 0.25) is 0 Å². The summed E-state index contributed by atoms with van der Waals surface area (Å²) in [6.45, 7) is 8.52. The molecule has 0 radical (unpaired) electrons. The van der Waals surface area contributed by atoms with Gasteiger partial charge in [0.1, 0.15) is 0 Å². The molecule has 0 aromatic rings. The molecule has 0 aromatic heterocycles. The zero-order chi connectivity index (χ0) is 18.7. The van der Waals surface area contributed by atoms with Gasteiger partial charge in [0.15, 0.2) is 0 Å². The van der Waals surface area contributed by atoms with Crippen LogP contribution in [-0.4, -0.2) is 0 Å². The van der Waals surface area contributed by atoms with Crippen LogP contribution in [0.15, 0.2) is 67.3 Å². The molecule has 0 spiro atoms. The van der Waals surface area contributed by atoms with Crippen LogP contribution in [0.25, 0.3) is 0 Å². The minimum absolute atomic E-state index is 0.862. The summed E-state index contributed by atoms with van der Waals surface area (Å²) in [5.74, 6) is 1.72. The third kappa shape index (κ3) is 3.66. The van der Waals surface area contributed by atoms with Crippen molar-refractivity contribution in [3.63, 3.8) is 0 Å². The van der Waals surface area contributed by atoms with Gasteiger partial charge in [-0.05, 0) is 0 Å². The second kappa shape index (κ2) is 8.77. The van der Waals surface area contributed by atoms with E-state index in [2.05, 4.69) is 49.6 Å². The van der Waals surface area contributed by atoms with Crippen LogP contribution < -0.4 is 0 Å². The van der Waals surface area contributed by atoms with E-state index in [-0.39, 0.29) is 0 Å². The van der Waals surface area contributed by atoms with Crippen molar-refractivity contribution in [3.05, 3.63) is 67.3 Å². The molecule has 144 valence electrons. The summed E-state index contributed by atoms with van der Waals surface area (Å²) in [5, 5.41) is 0. The van der Waals surface area contributed by atoms with Crippen LogP contribution in [0.1, 0.15) is 64.2 Å². The predicted molar refractivity (Wildman–Crippen MR) is 115 cm³/mol. The Morgan fingerprint density at radius 2 is 1.26 bits per heavy atom. The van der Waals surface area contributed by atoms with Crippen LogP contribution in [0.3, 0.4) is 0 Å². The molecule has 0 aliphatic heterocycles. The van der Waals surface area contributed by atoms with Gasteiger partial charge in [-0.2, -0.15) is 0 Å². The number of hydrogen-bond donors (Lipinski definition) is 0. The van der Waals surface area contributed by atoms with Gasteiger partial charge in [-0.3, -0.25) is 0 Å². The normalized spacial score (nSPS) is 28.0.